The van der Waals surface area contributed by atoms with Gasteiger partial charge >= 0.3 is 0 Å². The molecule has 0 radical (unpaired) electrons. The van der Waals surface area contributed by atoms with E-state index in [0.717, 1.165) is 17.0 Å². The quantitative estimate of drug-likeness (QED) is 0.719. The highest BCUT2D eigenvalue weighted by Crippen LogP contribution is 2.17. The second-order valence-electron chi connectivity index (χ2n) is 3.22. The van der Waals surface area contributed by atoms with Crippen LogP contribution in [0.4, 0.5) is 0 Å². The maximum atomic E-state index is 9.09. The molecule has 0 saturated heterocycles. The summed E-state index contributed by atoms with van der Waals surface area (Å²) in [6, 6.07) is 3.86. The Morgan fingerprint density at radius 2 is 2.07 bits per heavy atom. The summed E-state index contributed by atoms with van der Waals surface area (Å²) < 4.78 is 0. The largest absolute Gasteiger partial charge is 0.493 e. The Bertz CT molecular complexity index is 462. The van der Waals surface area contributed by atoms with Crippen LogP contribution in [0, 0.1) is 13.8 Å². The predicted molar refractivity (Wildman–Crippen MR) is 53.0 cm³/mol. The normalized spacial score (nSPS) is 10.4. The summed E-state index contributed by atoms with van der Waals surface area (Å²) in [5.41, 5.74) is 2.86. The number of aromatic nitrogens is 3. The molecule has 2 aromatic heterocycles. The average Bonchev–Trinajstić information content (AvgIpc) is 2.57. The summed E-state index contributed by atoms with van der Waals surface area (Å²) in [5.74, 6) is 0.644. The lowest BCUT2D eigenvalue weighted by atomic mass is 10.2. The molecule has 0 aliphatic heterocycles. The second kappa shape index (κ2) is 3.14. The molecule has 14 heavy (non-hydrogen) atoms. The lowest BCUT2D eigenvalue weighted by Crippen LogP contribution is -1.91. The Hall–Kier alpha value is -1.84. The molecule has 0 aromatic carbocycles. The maximum Gasteiger partial charge on any atom is 0.208 e. The minimum atomic E-state index is 0.0556. The maximum absolute atomic E-state index is 9.09. The van der Waals surface area contributed by atoms with Crippen LogP contribution in [0.5, 0.6) is 5.88 Å². The number of nitrogens with zero attached hydrogens (tertiary/aromatic N) is 2. The van der Waals surface area contributed by atoms with Crippen molar-refractivity contribution in [3.63, 3.8) is 0 Å². The summed E-state index contributed by atoms with van der Waals surface area (Å²) in [4.78, 5) is 11.1. The number of hydrogen-bond acceptors (Lipinski definition) is 3. The summed E-state index contributed by atoms with van der Waals surface area (Å²) in [6.07, 6.45) is 1.37. The van der Waals surface area contributed by atoms with Gasteiger partial charge in [-0.25, -0.2) is 9.97 Å². The third-order valence-corrected chi connectivity index (χ3v) is 2.16. The molecule has 0 amide bonds. The van der Waals surface area contributed by atoms with Crippen LogP contribution in [0.1, 0.15) is 11.3 Å². The molecule has 0 unspecified atom stereocenters. The highest BCUT2D eigenvalue weighted by molar-refractivity contribution is 5.51. The summed E-state index contributed by atoms with van der Waals surface area (Å²) in [5, 5.41) is 9.09. The van der Waals surface area contributed by atoms with E-state index in [1.165, 1.54) is 6.20 Å². The number of aromatic hydroxyl groups is 1. The first-order valence-electron chi connectivity index (χ1n) is 4.35. The number of aryl methyl sites for hydroxylation is 2. The smallest absolute Gasteiger partial charge is 0.208 e. The van der Waals surface area contributed by atoms with Crippen molar-refractivity contribution < 1.29 is 5.11 Å². The van der Waals surface area contributed by atoms with Gasteiger partial charge < -0.3 is 10.1 Å². The van der Waals surface area contributed by atoms with Gasteiger partial charge in [0.15, 0.2) is 5.82 Å². The zero-order valence-corrected chi connectivity index (χ0v) is 8.07. The van der Waals surface area contributed by atoms with Crippen LogP contribution in [0.3, 0.4) is 0 Å². The van der Waals surface area contributed by atoms with Gasteiger partial charge in [-0.3, -0.25) is 0 Å². The molecule has 2 aromatic rings. The third kappa shape index (κ3) is 1.46. The summed E-state index contributed by atoms with van der Waals surface area (Å²) in [7, 11) is 0. The molecule has 0 fully saturated rings. The molecule has 2 heterocycles. The minimum absolute atomic E-state index is 0.0556. The second-order valence-corrected chi connectivity index (χ2v) is 3.22. The topological polar surface area (TPSA) is 61.8 Å². The van der Waals surface area contributed by atoms with Crippen LogP contribution in [0.15, 0.2) is 18.3 Å². The van der Waals surface area contributed by atoms with Gasteiger partial charge in [0, 0.05) is 5.69 Å². The van der Waals surface area contributed by atoms with Gasteiger partial charge in [0.25, 0.3) is 0 Å². The molecule has 2 rings (SSSR count). The molecule has 72 valence electrons. The van der Waals surface area contributed by atoms with Crippen molar-refractivity contribution in [1.29, 1.82) is 0 Å². The van der Waals surface area contributed by atoms with E-state index in [-0.39, 0.29) is 5.88 Å². The van der Waals surface area contributed by atoms with E-state index in [4.69, 9.17) is 5.11 Å². The first-order valence-corrected chi connectivity index (χ1v) is 4.35. The fourth-order valence-electron chi connectivity index (χ4n) is 1.20. The monoisotopic (exact) mass is 189 g/mol. The van der Waals surface area contributed by atoms with Gasteiger partial charge in [-0.2, -0.15) is 0 Å². The fraction of sp³-hybridized carbons (Fsp3) is 0.200. The van der Waals surface area contributed by atoms with Crippen LogP contribution >= 0.6 is 0 Å². The molecule has 2 N–H and O–H groups in total. The van der Waals surface area contributed by atoms with Gasteiger partial charge in [-0.15, -0.1) is 0 Å². The molecular formula is C10H11N3O. The SMILES string of the molecule is Cc1ccc(-c2ncc(O)[nH]2)nc1C. The minimum Gasteiger partial charge on any atom is -0.493 e. The van der Waals surface area contributed by atoms with E-state index in [1.807, 2.05) is 26.0 Å². The van der Waals surface area contributed by atoms with Crippen molar-refractivity contribution in [2.24, 2.45) is 0 Å². The third-order valence-electron chi connectivity index (χ3n) is 2.16. The zero-order chi connectivity index (χ0) is 10.1. The molecule has 0 aliphatic carbocycles. The Balaban J connectivity index is 2.47. The lowest BCUT2D eigenvalue weighted by molar-refractivity contribution is 0.457. The number of rotatable bonds is 1. The van der Waals surface area contributed by atoms with E-state index in [2.05, 4.69) is 15.0 Å². The van der Waals surface area contributed by atoms with Crippen molar-refractivity contribution in [1.82, 2.24) is 15.0 Å². The molecule has 0 spiro atoms. The highest BCUT2D eigenvalue weighted by Gasteiger charge is 2.04. The Kier molecular flexibility index (Phi) is 1.96. The first-order chi connectivity index (χ1) is 6.66. The lowest BCUT2D eigenvalue weighted by Gasteiger charge is -2.00. The van der Waals surface area contributed by atoms with E-state index >= 15 is 0 Å². The zero-order valence-electron chi connectivity index (χ0n) is 8.07. The molecule has 4 heteroatoms. The highest BCUT2D eigenvalue weighted by atomic mass is 16.3. The average molecular weight is 189 g/mol. The van der Waals surface area contributed by atoms with Crippen LogP contribution in [0.2, 0.25) is 0 Å². The van der Waals surface area contributed by atoms with E-state index in [1.54, 1.807) is 0 Å². The van der Waals surface area contributed by atoms with Crippen LogP contribution < -0.4 is 0 Å². The van der Waals surface area contributed by atoms with E-state index < -0.39 is 0 Å². The van der Waals surface area contributed by atoms with Gasteiger partial charge in [0.2, 0.25) is 5.88 Å². The van der Waals surface area contributed by atoms with Gasteiger partial charge in [-0.1, -0.05) is 6.07 Å². The molecule has 4 nitrogen and oxygen atoms in total. The van der Waals surface area contributed by atoms with Gasteiger partial charge in [0.05, 0.1) is 6.20 Å². The van der Waals surface area contributed by atoms with Crippen LogP contribution in [0.25, 0.3) is 11.5 Å². The van der Waals surface area contributed by atoms with Crippen molar-refractivity contribution >= 4 is 0 Å². The van der Waals surface area contributed by atoms with Gasteiger partial charge in [0.1, 0.15) is 5.69 Å². The van der Waals surface area contributed by atoms with Crippen LogP contribution in [-0.2, 0) is 0 Å². The number of hydrogen-bond donors (Lipinski definition) is 2. The number of nitrogens with one attached hydrogen (secondary N) is 1. The summed E-state index contributed by atoms with van der Waals surface area (Å²) >= 11 is 0. The number of imidazole rings is 1. The molecule has 0 aliphatic rings. The molecular weight excluding hydrogens is 178 g/mol. The Morgan fingerprint density at radius 1 is 1.29 bits per heavy atom. The Morgan fingerprint density at radius 3 is 2.64 bits per heavy atom. The number of aromatic amines is 1. The van der Waals surface area contributed by atoms with Gasteiger partial charge in [-0.05, 0) is 25.5 Å². The number of pyridine rings is 1. The summed E-state index contributed by atoms with van der Waals surface area (Å²) in [6.45, 7) is 3.95. The predicted octanol–water partition coefficient (Wildman–Crippen LogP) is 1.79. The van der Waals surface area contributed by atoms with Crippen molar-refractivity contribution in [2.75, 3.05) is 0 Å². The fourth-order valence-corrected chi connectivity index (χ4v) is 1.20. The first kappa shape index (κ1) is 8.74. The van der Waals surface area contributed by atoms with E-state index in [9.17, 15) is 0 Å². The van der Waals surface area contributed by atoms with Crippen molar-refractivity contribution in [2.45, 2.75) is 13.8 Å². The van der Waals surface area contributed by atoms with Crippen molar-refractivity contribution in [3.05, 3.63) is 29.6 Å². The number of H-pyrrole nitrogens is 1. The van der Waals surface area contributed by atoms with Crippen molar-refractivity contribution in [3.8, 4) is 17.4 Å². The molecule has 0 atom stereocenters. The standard InChI is InChI=1S/C10H11N3O/c1-6-3-4-8(12-7(6)2)10-11-5-9(14)13-10/h3-5,14H,1-2H3,(H,11,13). The molecule has 0 bridgehead atoms. The van der Waals surface area contributed by atoms with E-state index in [0.29, 0.717) is 5.82 Å². The Labute approximate surface area is 81.7 Å². The van der Waals surface area contributed by atoms with Crippen LogP contribution in [-0.4, -0.2) is 20.1 Å². The molecule has 0 saturated carbocycles.